The molecule has 0 aromatic heterocycles. The summed E-state index contributed by atoms with van der Waals surface area (Å²) in [5.74, 6) is 0.239. The molecule has 2 N–H and O–H groups in total. The van der Waals surface area contributed by atoms with E-state index in [1.165, 1.54) is 43.9 Å². The van der Waals surface area contributed by atoms with E-state index in [1.807, 2.05) is 48.5 Å². The number of nitrogens with one attached hydrogen (secondary N) is 2. The van der Waals surface area contributed by atoms with E-state index in [1.54, 1.807) is 0 Å². The SMILES string of the molecule is CCc1ccccc1NC(=O)c1ccccc1SCC(=O)NC1CCCCCCC1. The van der Waals surface area contributed by atoms with Gasteiger partial charge in [0, 0.05) is 16.6 Å². The van der Waals surface area contributed by atoms with Gasteiger partial charge in [-0.1, -0.05) is 69.4 Å². The summed E-state index contributed by atoms with van der Waals surface area (Å²) in [6.45, 7) is 2.07. The number of anilines is 1. The number of carbonyl (C=O) groups is 2. The molecule has 2 amide bonds. The molecule has 1 saturated carbocycles. The Morgan fingerprint density at radius 2 is 1.60 bits per heavy atom. The summed E-state index contributed by atoms with van der Waals surface area (Å²) in [6, 6.07) is 15.6. The predicted octanol–water partition coefficient (Wildman–Crippen LogP) is 5.82. The number of carbonyl (C=O) groups excluding carboxylic acids is 2. The Kier molecular flexibility index (Phi) is 8.81. The fourth-order valence-corrected chi connectivity index (χ4v) is 4.79. The Morgan fingerprint density at radius 3 is 2.37 bits per heavy atom. The Morgan fingerprint density at radius 1 is 0.933 bits per heavy atom. The summed E-state index contributed by atoms with van der Waals surface area (Å²) >= 11 is 1.43. The van der Waals surface area contributed by atoms with Gasteiger partial charge in [-0.3, -0.25) is 9.59 Å². The van der Waals surface area contributed by atoms with E-state index >= 15 is 0 Å². The second kappa shape index (κ2) is 11.8. The molecule has 0 heterocycles. The van der Waals surface area contributed by atoms with E-state index in [-0.39, 0.29) is 11.8 Å². The van der Waals surface area contributed by atoms with Crippen LogP contribution in [0, 0.1) is 0 Å². The van der Waals surface area contributed by atoms with Gasteiger partial charge in [0.05, 0.1) is 11.3 Å². The second-order valence-corrected chi connectivity index (χ2v) is 8.88. The van der Waals surface area contributed by atoms with E-state index in [0.717, 1.165) is 35.4 Å². The quantitative estimate of drug-likeness (QED) is 0.550. The molecule has 3 rings (SSSR count). The van der Waals surface area contributed by atoms with Crippen molar-refractivity contribution >= 4 is 29.3 Å². The monoisotopic (exact) mass is 424 g/mol. The Hall–Kier alpha value is -2.27. The maximum Gasteiger partial charge on any atom is 0.256 e. The lowest BCUT2D eigenvalue weighted by Gasteiger charge is -2.21. The van der Waals surface area contributed by atoms with Gasteiger partial charge < -0.3 is 10.6 Å². The normalized spacial score (nSPS) is 15.1. The lowest BCUT2D eigenvalue weighted by atomic mass is 9.97. The van der Waals surface area contributed by atoms with Crippen LogP contribution in [0.3, 0.4) is 0 Å². The molecule has 1 aliphatic carbocycles. The Labute approximate surface area is 184 Å². The van der Waals surface area contributed by atoms with E-state index in [4.69, 9.17) is 0 Å². The van der Waals surface area contributed by atoms with Crippen molar-refractivity contribution in [1.29, 1.82) is 0 Å². The molecule has 2 aromatic rings. The van der Waals surface area contributed by atoms with Crippen LogP contribution in [-0.2, 0) is 11.2 Å². The standard InChI is InChI=1S/C25H32N2O2S/c1-2-19-12-8-10-16-22(19)27-25(29)21-15-9-11-17-23(21)30-18-24(28)26-20-13-6-4-3-5-7-14-20/h8-12,15-17,20H,2-7,13-14,18H2,1H3,(H,26,28)(H,27,29). The number of para-hydroxylation sites is 1. The number of hydrogen-bond donors (Lipinski definition) is 2. The van der Waals surface area contributed by atoms with Gasteiger partial charge in [-0.2, -0.15) is 0 Å². The van der Waals surface area contributed by atoms with Gasteiger partial charge in [-0.25, -0.2) is 0 Å². The van der Waals surface area contributed by atoms with E-state index in [9.17, 15) is 9.59 Å². The molecule has 160 valence electrons. The number of amides is 2. The zero-order chi connectivity index (χ0) is 21.2. The fraction of sp³-hybridized carbons (Fsp3) is 0.440. The molecule has 0 radical (unpaired) electrons. The second-order valence-electron chi connectivity index (χ2n) is 7.86. The van der Waals surface area contributed by atoms with Gasteiger partial charge in [0.15, 0.2) is 0 Å². The fourth-order valence-electron chi connectivity index (χ4n) is 3.93. The van der Waals surface area contributed by atoms with Crippen LogP contribution in [0.15, 0.2) is 53.4 Å². The molecule has 30 heavy (non-hydrogen) atoms. The third-order valence-corrected chi connectivity index (χ3v) is 6.68. The van der Waals surface area contributed by atoms with Gasteiger partial charge in [-0.15, -0.1) is 11.8 Å². The topological polar surface area (TPSA) is 58.2 Å². The smallest absolute Gasteiger partial charge is 0.256 e. The van der Waals surface area contributed by atoms with Crippen LogP contribution in [0.5, 0.6) is 0 Å². The highest BCUT2D eigenvalue weighted by Gasteiger charge is 2.17. The van der Waals surface area contributed by atoms with Crippen LogP contribution >= 0.6 is 11.8 Å². The van der Waals surface area contributed by atoms with Gasteiger partial charge in [0.1, 0.15) is 0 Å². The van der Waals surface area contributed by atoms with Gasteiger partial charge in [0.25, 0.3) is 5.91 Å². The average molecular weight is 425 g/mol. The zero-order valence-electron chi connectivity index (χ0n) is 17.8. The third kappa shape index (κ3) is 6.63. The summed E-state index contributed by atoms with van der Waals surface area (Å²) in [7, 11) is 0. The maximum absolute atomic E-state index is 12.9. The first-order chi connectivity index (χ1) is 14.7. The molecule has 1 fully saturated rings. The minimum Gasteiger partial charge on any atom is -0.353 e. The summed E-state index contributed by atoms with van der Waals surface area (Å²) < 4.78 is 0. The summed E-state index contributed by atoms with van der Waals surface area (Å²) in [5, 5.41) is 6.23. The molecule has 2 aromatic carbocycles. The van der Waals surface area contributed by atoms with Crippen molar-refractivity contribution in [3.63, 3.8) is 0 Å². The Balaban J connectivity index is 1.59. The van der Waals surface area contributed by atoms with Crippen molar-refractivity contribution < 1.29 is 9.59 Å². The van der Waals surface area contributed by atoms with Crippen LogP contribution < -0.4 is 10.6 Å². The number of benzene rings is 2. The first-order valence-electron chi connectivity index (χ1n) is 11.1. The summed E-state index contributed by atoms with van der Waals surface area (Å²) in [4.78, 5) is 26.2. The van der Waals surface area contributed by atoms with Crippen LogP contribution in [-0.4, -0.2) is 23.6 Å². The van der Waals surface area contributed by atoms with E-state index in [2.05, 4.69) is 17.6 Å². The van der Waals surface area contributed by atoms with Gasteiger partial charge in [0.2, 0.25) is 5.91 Å². The minimum absolute atomic E-state index is 0.0529. The van der Waals surface area contributed by atoms with E-state index in [0.29, 0.717) is 17.4 Å². The van der Waals surface area contributed by atoms with Gasteiger partial charge in [-0.05, 0) is 43.0 Å². The number of hydrogen-bond acceptors (Lipinski definition) is 3. The Bertz CT molecular complexity index is 845. The maximum atomic E-state index is 12.9. The highest BCUT2D eigenvalue weighted by molar-refractivity contribution is 8.00. The largest absolute Gasteiger partial charge is 0.353 e. The molecular weight excluding hydrogens is 392 g/mol. The summed E-state index contributed by atoms with van der Waals surface area (Å²) in [5.41, 5.74) is 2.55. The van der Waals surface area contributed by atoms with Crippen LogP contribution in [0.1, 0.15) is 67.8 Å². The lowest BCUT2D eigenvalue weighted by Crippen LogP contribution is -2.36. The molecule has 5 heteroatoms. The molecule has 0 unspecified atom stereocenters. The minimum atomic E-state index is -0.139. The predicted molar refractivity (Wildman–Crippen MR) is 125 cm³/mol. The molecule has 0 aliphatic heterocycles. The van der Waals surface area contributed by atoms with Crippen molar-refractivity contribution in [3.8, 4) is 0 Å². The first-order valence-corrected chi connectivity index (χ1v) is 12.1. The van der Waals surface area contributed by atoms with Crippen molar-refractivity contribution in [3.05, 3.63) is 59.7 Å². The van der Waals surface area contributed by atoms with Crippen molar-refractivity contribution in [2.24, 2.45) is 0 Å². The first kappa shape index (κ1) is 22.4. The van der Waals surface area contributed by atoms with Crippen molar-refractivity contribution in [1.82, 2.24) is 5.32 Å². The van der Waals surface area contributed by atoms with Crippen LogP contribution in [0.4, 0.5) is 5.69 Å². The van der Waals surface area contributed by atoms with E-state index < -0.39 is 0 Å². The molecule has 1 aliphatic rings. The zero-order valence-corrected chi connectivity index (χ0v) is 18.6. The number of rotatable bonds is 7. The average Bonchev–Trinajstić information content (AvgIpc) is 2.74. The van der Waals surface area contributed by atoms with Crippen LogP contribution in [0.2, 0.25) is 0 Å². The number of aryl methyl sites for hydroxylation is 1. The molecule has 4 nitrogen and oxygen atoms in total. The van der Waals surface area contributed by atoms with Gasteiger partial charge >= 0.3 is 0 Å². The molecule has 0 bridgehead atoms. The molecular formula is C25H32N2O2S. The van der Waals surface area contributed by atoms with Crippen molar-refractivity contribution in [2.45, 2.75) is 69.2 Å². The number of thioether (sulfide) groups is 1. The molecule has 0 atom stereocenters. The molecule has 0 spiro atoms. The van der Waals surface area contributed by atoms with Crippen molar-refractivity contribution in [2.75, 3.05) is 11.1 Å². The van der Waals surface area contributed by atoms with Crippen LogP contribution in [0.25, 0.3) is 0 Å². The highest BCUT2D eigenvalue weighted by Crippen LogP contribution is 2.25. The lowest BCUT2D eigenvalue weighted by molar-refractivity contribution is -0.119. The highest BCUT2D eigenvalue weighted by atomic mass is 32.2. The summed E-state index contributed by atoms with van der Waals surface area (Å²) in [6.07, 6.45) is 9.25. The third-order valence-electron chi connectivity index (χ3n) is 5.61. The molecule has 0 saturated heterocycles.